The number of Topliss-reactive ketones (excluding diaryl/α,β-unsaturated/α-hetero) is 1. The molecule has 0 heterocycles. The van der Waals surface area contributed by atoms with Crippen LogP contribution in [-0.2, 0) is 9.59 Å². The van der Waals surface area contributed by atoms with E-state index in [1.54, 1.807) is 0 Å². The maximum Gasteiger partial charge on any atom is 0.258 e. The zero-order valence-electron chi connectivity index (χ0n) is 11.6. The van der Waals surface area contributed by atoms with Gasteiger partial charge in [-0.2, -0.15) is 0 Å². The molecule has 0 saturated carbocycles. The molecule has 0 aliphatic heterocycles. The van der Waals surface area contributed by atoms with Gasteiger partial charge in [0, 0.05) is 0 Å². The van der Waals surface area contributed by atoms with Crippen LogP contribution in [0.15, 0.2) is 22.7 Å². The van der Waals surface area contributed by atoms with Gasteiger partial charge in [0.25, 0.3) is 5.91 Å². The van der Waals surface area contributed by atoms with E-state index in [9.17, 15) is 14.0 Å². The molecule has 6 heteroatoms. The Balaban J connectivity index is 2.54. The molecule has 4 nitrogen and oxygen atoms in total. The summed E-state index contributed by atoms with van der Waals surface area (Å²) in [5, 5.41) is 2.61. The van der Waals surface area contributed by atoms with Gasteiger partial charge in [0.15, 0.2) is 12.4 Å². The molecule has 0 fully saturated rings. The molecule has 1 amide bonds. The molecule has 0 aliphatic carbocycles. The normalized spacial score (nSPS) is 12.1. The van der Waals surface area contributed by atoms with Crippen LogP contribution in [0.25, 0.3) is 0 Å². The van der Waals surface area contributed by atoms with Gasteiger partial charge in [-0.15, -0.1) is 0 Å². The molecular formula is C14H17BrFNO3. The molecule has 1 unspecified atom stereocenters. The number of ether oxygens (including phenoxy) is 1. The summed E-state index contributed by atoms with van der Waals surface area (Å²) in [5.74, 6) is -0.510. The van der Waals surface area contributed by atoms with Gasteiger partial charge in [-0.05, 0) is 47.0 Å². The van der Waals surface area contributed by atoms with Gasteiger partial charge < -0.3 is 10.1 Å². The second-order valence-corrected chi connectivity index (χ2v) is 5.62. The third-order valence-corrected chi connectivity index (χ3v) is 3.29. The summed E-state index contributed by atoms with van der Waals surface area (Å²) >= 11 is 3.03. The topological polar surface area (TPSA) is 55.4 Å². The fourth-order valence-electron chi connectivity index (χ4n) is 1.67. The number of nitrogens with one attached hydrogen (secondary N) is 1. The Morgan fingerprint density at radius 2 is 2.05 bits per heavy atom. The van der Waals surface area contributed by atoms with E-state index in [0.29, 0.717) is 5.75 Å². The van der Waals surface area contributed by atoms with Crippen LogP contribution in [0.2, 0.25) is 0 Å². The van der Waals surface area contributed by atoms with Crippen molar-refractivity contribution in [2.75, 3.05) is 6.61 Å². The molecule has 0 aliphatic rings. The van der Waals surface area contributed by atoms with E-state index in [1.165, 1.54) is 25.1 Å². The third-order valence-electron chi connectivity index (χ3n) is 2.68. The van der Waals surface area contributed by atoms with Crippen molar-refractivity contribution in [3.8, 4) is 5.75 Å². The lowest BCUT2D eigenvalue weighted by molar-refractivity contribution is -0.129. The Morgan fingerprint density at radius 3 is 2.55 bits per heavy atom. The molecule has 0 saturated heterocycles. The maximum atomic E-state index is 13.0. The first-order chi connectivity index (χ1) is 9.31. The van der Waals surface area contributed by atoms with Crippen molar-refractivity contribution in [2.24, 2.45) is 5.92 Å². The van der Waals surface area contributed by atoms with Crippen LogP contribution in [0.4, 0.5) is 4.39 Å². The minimum atomic E-state index is -0.522. The van der Waals surface area contributed by atoms with E-state index >= 15 is 0 Å². The highest BCUT2D eigenvalue weighted by Crippen LogP contribution is 2.21. The zero-order chi connectivity index (χ0) is 15.3. The lowest BCUT2D eigenvalue weighted by atomic mass is 10.0. The molecule has 20 heavy (non-hydrogen) atoms. The Bertz CT molecular complexity index is 505. The molecule has 1 N–H and O–H groups in total. The second-order valence-electron chi connectivity index (χ2n) is 4.76. The van der Waals surface area contributed by atoms with Crippen LogP contribution in [0.5, 0.6) is 5.75 Å². The monoisotopic (exact) mass is 345 g/mol. The van der Waals surface area contributed by atoms with E-state index in [2.05, 4.69) is 21.2 Å². The number of halogens is 2. The standard InChI is InChI=1S/C14H17BrFNO3/c1-8(2)14(9(3)18)17-13(19)7-20-10-4-5-12(16)11(15)6-10/h4-6,8,14H,7H2,1-3H3,(H,17,19). The Morgan fingerprint density at radius 1 is 1.40 bits per heavy atom. The summed E-state index contributed by atoms with van der Waals surface area (Å²) in [6.07, 6.45) is 0. The number of carbonyl (C=O) groups excluding carboxylic acids is 2. The first-order valence-electron chi connectivity index (χ1n) is 6.19. The molecule has 1 atom stereocenters. The Labute approximate surface area is 125 Å². The minimum absolute atomic E-state index is 0.0106. The van der Waals surface area contributed by atoms with Crippen LogP contribution < -0.4 is 10.1 Å². The van der Waals surface area contributed by atoms with Gasteiger partial charge in [-0.25, -0.2) is 4.39 Å². The highest BCUT2D eigenvalue weighted by atomic mass is 79.9. The molecule has 110 valence electrons. The van der Waals surface area contributed by atoms with Crippen molar-refractivity contribution in [1.29, 1.82) is 0 Å². The molecule has 0 radical (unpaired) electrons. The van der Waals surface area contributed by atoms with Crippen molar-refractivity contribution in [3.63, 3.8) is 0 Å². The van der Waals surface area contributed by atoms with E-state index in [4.69, 9.17) is 4.74 Å². The predicted octanol–water partition coefficient (Wildman–Crippen LogP) is 2.70. The van der Waals surface area contributed by atoms with E-state index in [0.717, 1.165) is 0 Å². The van der Waals surface area contributed by atoms with Crippen molar-refractivity contribution < 1.29 is 18.7 Å². The fourth-order valence-corrected chi connectivity index (χ4v) is 2.03. The summed E-state index contributed by atoms with van der Waals surface area (Å²) in [4.78, 5) is 23.1. The molecular weight excluding hydrogens is 329 g/mol. The van der Waals surface area contributed by atoms with E-state index in [1.807, 2.05) is 13.8 Å². The molecule has 1 aromatic rings. The van der Waals surface area contributed by atoms with Crippen LogP contribution in [-0.4, -0.2) is 24.3 Å². The van der Waals surface area contributed by atoms with E-state index < -0.39 is 11.9 Å². The Kier molecular flexibility index (Phi) is 6.13. The smallest absolute Gasteiger partial charge is 0.258 e. The van der Waals surface area contributed by atoms with Gasteiger partial charge in [-0.3, -0.25) is 9.59 Å². The number of hydrogen-bond donors (Lipinski definition) is 1. The molecule has 0 spiro atoms. The summed E-state index contributed by atoms with van der Waals surface area (Å²) in [5.41, 5.74) is 0. The summed E-state index contributed by atoms with van der Waals surface area (Å²) in [6.45, 7) is 4.91. The fraction of sp³-hybridized carbons (Fsp3) is 0.429. The summed E-state index contributed by atoms with van der Waals surface area (Å²) in [7, 11) is 0. The van der Waals surface area contributed by atoms with Gasteiger partial charge >= 0.3 is 0 Å². The average Bonchev–Trinajstić information content (AvgIpc) is 2.36. The van der Waals surface area contributed by atoms with E-state index in [-0.39, 0.29) is 28.7 Å². The lowest BCUT2D eigenvalue weighted by Gasteiger charge is -2.19. The Hall–Kier alpha value is -1.43. The number of rotatable bonds is 6. The zero-order valence-corrected chi connectivity index (χ0v) is 13.2. The number of carbonyl (C=O) groups is 2. The average molecular weight is 346 g/mol. The molecule has 1 aromatic carbocycles. The molecule has 0 bridgehead atoms. The molecule has 0 aromatic heterocycles. The van der Waals surface area contributed by atoms with Crippen LogP contribution >= 0.6 is 15.9 Å². The number of ketones is 1. The predicted molar refractivity (Wildman–Crippen MR) is 77.0 cm³/mol. The SMILES string of the molecule is CC(=O)C(NC(=O)COc1ccc(F)c(Br)c1)C(C)C. The quantitative estimate of drug-likeness (QED) is 0.862. The molecule has 1 rings (SSSR count). The first-order valence-corrected chi connectivity index (χ1v) is 6.98. The largest absolute Gasteiger partial charge is 0.484 e. The first kappa shape index (κ1) is 16.6. The number of hydrogen-bond acceptors (Lipinski definition) is 3. The number of amides is 1. The maximum absolute atomic E-state index is 13.0. The van der Waals surface area contributed by atoms with Crippen LogP contribution in [0, 0.1) is 11.7 Å². The van der Waals surface area contributed by atoms with Crippen molar-refractivity contribution in [1.82, 2.24) is 5.32 Å². The lowest BCUT2D eigenvalue weighted by Crippen LogP contribution is -2.45. The third kappa shape index (κ3) is 4.92. The van der Waals surface area contributed by atoms with Crippen molar-refractivity contribution in [3.05, 3.63) is 28.5 Å². The van der Waals surface area contributed by atoms with Crippen LogP contribution in [0.1, 0.15) is 20.8 Å². The second kappa shape index (κ2) is 7.38. The van der Waals surface area contributed by atoms with Crippen molar-refractivity contribution in [2.45, 2.75) is 26.8 Å². The van der Waals surface area contributed by atoms with Crippen LogP contribution in [0.3, 0.4) is 0 Å². The minimum Gasteiger partial charge on any atom is -0.484 e. The summed E-state index contributed by atoms with van der Waals surface area (Å²) < 4.78 is 18.5. The van der Waals surface area contributed by atoms with Gasteiger partial charge in [0.05, 0.1) is 10.5 Å². The van der Waals surface area contributed by atoms with Gasteiger partial charge in [-0.1, -0.05) is 13.8 Å². The van der Waals surface area contributed by atoms with Crippen molar-refractivity contribution >= 4 is 27.6 Å². The highest BCUT2D eigenvalue weighted by molar-refractivity contribution is 9.10. The van der Waals surface area contributed by atoms with Gasteiger partial charge in [0.2, 0.25) is 0 Å². The van der Waals surface area contributed by atoms with Gasteiger partial charge in [0.1, 0.15) is 11.6 Å². The summed E-state index contributed by atoms with van der Waals surface area (Å²) in [6, 6.07) is 3.58. The number of benzene rings is 1. The highest BCUT2D eigenvalue weighted by Gasteiger charge is 2.20.